The van der Waals surface area contributed by atoms with Crippen LogP contribution < -0.4 is 21.3 Å². The Kier molecular flexibility index (Phi) is 6.31. The SMILES string of the molecule is COC(=O)c1sccc1Nc1nc(C(=O)Nc2ccccc2N2CCC(O)(C(N)=O)C2)cs1. The molecule has 172 valence electrons. The number of anilines is 4. The van der Waals surface area contributed by atoms with E-state index < -0.39 is 23.4 Å². The fraction of sp³-hybridized carbons (Fsp3) is 0.238. The van der Waals surface area contributed by atoms with Crippen molar-refractivity contribution in [2.75, 3.05) is 35.7 Å². The van der Waals surface area contributed by atoms with Gasteiger partial charge in [-0.25, -0.2) is 9.78 Å². The first kappa shape index (κ1) is 22.7. The Morgan fingerprint density at radius 3 is 2.73 bits per heavy atom. The molecule has 1 aliphatic rings. The third kappa shape index (κ3) is 4.67. The number of ether oxygens (including phenoxy) is 1. The van der Waals surface area contributed by atoms with Gasteiger partial charge >= 0.3 is 5.97 Å². The van der Waals surface area contributed by atoms with E-state index in [0.717, 1.165) is 0 Å². The van der Waals surface area contributed by atoms with Crippen LogP contribution in [0.1, 0.15) is 26.6 Å². The molecule has 1 atom stereocenters. The van der Waals surface area contributed by atoms with Crippen molar-refractivity contribution in [3.63, 3.8) is 0 Å². The number of nitrogens with two attached hydrogens (primary N) is 1. The third-order valence-corrected chi connectivity index (χ3v) is 6.87. The molecule has 1 aliphatic heterocycles. The number of para-hydroxylation sites is 2. The minimum absolute atomic E-state index is 0.0448. The van der Waals surface area contributed by atoms with Gasteiger partial charge in [0.1, 0.15) is 10.6 Å². The van der Waals surface area contributed by atoms with Crippen molar-refractivity contribution in [3.8, 4) is 0 Å². The molecule has 1 unspecified atom stereocenters. The number of aromatic nitrogens is 1. The van der Waals surface area contributed by atoms with Gasteiger partial charge in [0.05, 0.1) is 30.7 Å². The van der Waals surface area contributed by atoms with E-state index in [2.05, 4.69) is 15.6 Å². The molecule has 2 aromatic heterocycles. The largest absolute Gasteiger partial charge is 0.465 e. The van der Waals surface area contributed by atoms with Gasteiger partial charge in [0.15, 0.2) is 10.7 Å². The van der Waals surface area contributed by atoms with Gasteiger partial charge in [-0.3, -0.25) is 9.59 Å². The summed E-state index contributed by atoms with van der Waals surface area (Å²) >= 11 is 2.46. The summed E-state index contributed by atoms with van der Waals surface area (Å²) in [5.41, 5.74) is 5.66. The quantitative estimate of drug-likeness (QED) is 0.372. The van der Waals surface area contributed by atoms with Crippen LogP contribution in [0.4, 0.5) is 22.2 Å². The van der Waals surface area contributed by atoms with Crippen LogP contribution in [0.25, 0.3) is 0 Å². The molecule has 4 rings (SSSR count). The number of carbonyl (C=O) groups is 3. The van der Waals surface area contributed by atoms with Crippen LogP contribution in [-0.4, -0.2) is 53.7 Å². The summed E-state index contributed by atoms with van der Waals surface area (Å²) in [7, 11) is 1.31. The standard InChI is InChI=1S/C21H21N5O5S2/c1-31-18(28)16-13(6-9-32-16)24-20-25-14(10-33-20)17(27)23-12-4-2-3-5-15(12)26-8-7-21(30,11-26)19(22)29/h2-6,9-10,30H,7-8,11H2,1H3,(H2,22,29)(H,23,27)(H,24,25). The van der Waals surface area contributed by atoms with Gasteiger partial charge in [0, 0.05) is 18.3 Å². The first-order valence-corrected chi connectivity index (χ1v) is 11.6. The number of β-amino-alcohol motifs (C(OH)–C–C–N with tert-alkyl or cyclic N) is 1. The van der Waals surface area contributed by atoms with Crippen molar-refractivity contribution in [1.82, 2.24) is 4.98 Å². The van der Waals surface area contributed by atoms with E-state index in [9.17, 15) is 19.5 Å². The Morgan fingerprint density at radius 2 is 2.00 bits per heavy atom. The highest BCUT2D eigenvalue weighted by Gasteiger charge is 2.42. The molecule has 0 aliphatic carbocycles. The maximum absolute atomic E-state index is 12.8. The summed E-state index contributed by atoms with van der Waals surface area (Å²) in [6, 6.07) is 8.83. The lowest BCUT2D eigenvalue weighted by molar-refractivity contribution is -0.134. The average molecular weight is 488 g/mol. The second-order valence-corrected chi connectivity index (χ2v) is 9.13. The molecule has 1 aromatic carbocycles. The fourth-order valence-corrected chi connectivity index (χ4v) is 4.92. The van der Waals surface area contributed by atoms with Gasteiger partial charge in [0.25, 0.3) is 11.8 Å². The lowest BCUT2D eigenvalue weighted by atomic mass is 10.0. The predicted molar refractivity (Wildman–Crippen MR) is 126 cm³/mol. The number of nitrogens with one attached hydrogen (secondary N) is 2. The van der Waals surface area contributed by atoms with Crippen molar-refractivity contribution in [2.45, 2.75) is 12.0 Å². The number of hydrogen-bond acceptors (Lipinski definition) is 10. The molecule has 1 fully saturated rings. The molecule has 0 spiro atoms. The molecule has 5 N–H and O–H groups in total. The number of rotatable bonds is 7. The van der Waals surface area contributed by atoms with Crippen LogP contribution in [0.5, 0.6) is 0 Å². The van der Waals surface area contributed by atoms with Gasteiger partial charge in [0.2, 0.25) is 0 Å². The third-order valence-electron chi connectivity index (χ3n) is 5.21. The van der Waals surface area contributed by atoms with E-state index in [1.54, 1.807) is 46.0 Å². The van der Waals surface area contributed by atoms with Crippen LogP contribution in [0.3, 0.4) is 0 Å². The lowest BCUT2D eigenvalue weighted by Gasteiger charge is -2.24. The number of carbonyl (C=O) groups excluding carboxylic acids is 3. The van der Waals surface area contributed by atoms with E-state index in [4.69, 9.17) is 10.5 Å². The Balaban J connectivity index is 1.47. The highest BCUT2D eigenvalue weighted by Crippen LogP contribution is 2.33. The zero-order chi connectivity index (χ0) is 23.6. The number of aliphatic hydroxyl groups is 1. The number of esters is 1. The fourth-order valence-electron chi connectivity index (χ4n) is 3.45. The molecule has 3 aromatic rings. The van der Waals surface area contributed by atoms with Crippen LogP contribution >= 0.6 is 22.7 Å². The summed E-state index contributed by atoms with van der Waals surface area (Å²) in [6.45, 7) is 0.462. The molecule has 3 heterocycles. The number of hydrogen-bond donors (Lipinski definition) is 4. The maximum atomic E-state index is 12.8. The Morgan fingerprint density at radius 1 is 1.21 bits per heavy atom. The first-order chi connectivity index (χ1) is 15.8. The van der Waals surface area contributed by atoms with Crippen molar-refractivity contribution >= 4 is 62.7 Å². The molecule has 10 nitrogen and oxygen atoms in total. The van der Waals surface area contributed by atoms with Crippen LogP contribution in [0.2, 0.25) is 0 Å². The minimum atomic E-state index is -1.60. The molecule has 0 radical (unpaired) electrons. The zero-order valence-electron chi connectivity index (χ0n) is 17.5. The number of thiazole rings is 1. The molecule has 0 saturated carbocycles. The van der Waals surface area contributed by atoms with Crippen LogP contribution in [0, 0.1) is 0 Å². The van der Waals surface area contributed by atoms with Gasteiger partial charge in [-0.1, -0.05) is 12.1 Å². The molecule has 33 heavy (non-hydrogen) atoms. The van der Waals surface area contributed by atoms with Crippen molar-refractivity contribution in [2.24, 2.45) is 5.73 Å². The second kappa shape index (κ2) is 9.17. The predicted octanol–water partition coefficient (Wildman–Crippen LogP) is 2.41. The highest BCUT2D eigenvalue weighted by atomic mass is 32.1. The number of nitrogens with zero attached hydrogens (tertiary/aromatic N) is 2. The van der Waals surface area contributed by atoms with Gasteiger partial charge < -0.3 is 31.1 Å². The van der Waals surface area contributed by atoms with Gasteiger partial charge in [-0.05, 0) is 23.6 Å². The molecule has 12 heteroatoms. The summed E-state index contributed by atoms with van der Waals surface area (Å²) in [5.74, 6) is -1.65. The highest BCUT2D eigenvalue weighted by molar-refractivity contribution is 7.14. The average Bonchev–Trinajstić information content (AvgIpc) is 3.54. The normalized spacial score (nSPS) is 17.6. The minimum Gasteiger partial charge on any atom is -0.465 e. The number of methoxy groups -OCH3 is 1. The van der Waals surface area contributed by atoms with Crippen LogP contribution in [0.15, 0.2) is 41.1 Å². The van der Waals surface area contributed by atoms with Crippen molar-refractivity contribution in [3.05, 3.63) is 51.7 Å². The van der Waals surface area contributed by atoms with Crippen molar-refractivity contribution in [1.29, 1.82) is 0 Å². The molecule has 0 bridgehead atoms. The topological polar surface area (TPSA) is 147 Å². The van der Waals surface area contributed by atoms with Crippen molar-refractivity contribution < 1.29 is 24.2 Å². The molecule has 2 amide bonds. The lowest BCUT2D eigenvalue weighted by Crippen LogP contribution is -2.46. The monoisotopic (exact) mass is 487 g/mol. The first-order valence-electron chi connectivity index (χ1n) is 9.87. The maximum Gasteiger partial charge on any atom is 0.350 e. The Labute approximate surface area is 197 Å². The van der Waals surface area contributed by atoms with E-state index in [1.165, 1.54) is 29.8 Å². The molecular weight excluding hydrogens is 466 g/mol. The zero-order valence-corrected chi connectivity index (χ0v) is 19.2. The van der Waals surface area contributed by atoms with E-state index >= 15 is 0 Å². The molecule has 1 saturated heterocycles. The smallest absolute Gasteiger partial charge is 0.350 e. The summed E-state index contributed by atoms with van der Waals surface area (Å²) < 4.78 is 4.77. The summed E-state index contributed by atoms with van der Waals surface area (Å²) in [5, 5.41) is 20.1. The van der Waals surface area contributed by atoms with Gasteiger partial charge in [-0.2, -0.15) is 0 Å². The number of amides is 2. The van der Waals surface area contributed by atoms with E-state index in [0.29, 0.717) is 33.6 Å². The Bertz CT molecular complexity index is 1210. The molecular formula is C21H21N5O5S2. The van der Waals surface area contributed by atoms with Gasteiger partial charge in [-0.15, -0.1) is 22.7 Å². The summed E-state index contributed by atoms with van der Waals surface area (Å²) in [6.07, 6.45) is 0.210. The van der Waals surface area contributed by atoms with Crippen LogP contribution in [-0.2, 0) is 9.53 Å². The second-order valence-electron chi connectivity index (χ2n) is 7.36. The van der Waals surface area contributed by atoms with E-state index in [1.807, 2.05) is 0 Å². The number of primary amides is 1. The summed E-state index contributed by atoms with van der Waals surface area (Å²) in [4.78, 5) is 42.8. The van der Waals surface area contributed by atoms with E-state index in [-0.39, 0.29) is 18.7 Å². The number of thiophene rings is 1. The number of benzene rings is 1. The Hall–Kier alpha value is -3.48.